The van der Waals surface area contributed by atoms with E-state index in [0.29, 0.717) is 21.0 Å². The summed E-state index contributed by atoms with van der Waals surface area (Å²) in [5.41, 5.74) is 2.11. The van der Waals surface area contributed by atoms with E-state index < -0.39 is 0 Å². The van der Waals surface area contributed by atoms with Gasteiger partial charge in [-0.25, -0.2) is 0 Å². The second-order valence-corrected chi connectivity index (χ2v) is 6.34. The SMILES string of the molecule is Clc1cc(Cl)c(NC(c2ccccc2)C2CC2)cc1Cl. The van der Waals surface area contributed by atoms with E-state index in [-0.39, 0.29) is 6.04 Å². The number of benzene rings is 2. The normalized spacial score (nSPS) is 15.9. The Morgan fingerprint density at radius 1 is 0.900 bits per heavy atom. The molecule has 2 aromatic carbocycles. The van der Waals surface area contributed by atoms with Crippen LogP contribution in [0.15, 0.2) is 42.5 Å². The second kappa shape index (κ2) is 5.85. The molecular formula is C16H14Cl3N. The molecule has 3 rings (SSSR count). The van der Waals surface area contributed by atoms with E-state index in [0.717, 1.165) is 5.69 Å². The zero-order valence-electron chi connectivity index (χ0n) is 10.7. The van der Waals surface area contributed by atoms with Crippen LogP contribution in [0.2, 0.25) is 15.1 Å². The van der Waals surface area contributed by atoms with Gasteiger partial charge < -0.3 is 5.32 Å². The Kier molecular flexibility index (Phi) is 4.11. The molecule has 0 radical (unpaired) electrons. The molecule has 1 aliphatic carbocycles. The summed E-state index contributed by atoms with van der Waals surface area (Å²) < 4.78 is 0. The summed E-state index contributed by atoms with van der Waals surface area (Å²) in [7, 11) is 0. The smallest absolute Gasteiger partial charge is 0.0653 e. The van der Waals surface area contributed by atoms with Crippen LogP contribution in [0.4, 0.5) is 5.69 Å². The summed E-state index contributed by atoms with van der Waals surface area (Å²) >= 11 is 18.3. The number of rotatable bonds is 4. The molecule has 0 amide bonds. The third-order valence-corrected chi connectivity index (χ3v) is 4.61. The molecule has 1 fully saturated rings. The highest BCUT2D eigenvalue weighted by atomic mass is 35.5. The van der Waals surface area contributed by atoms with E-state index in [1.807, 2.05) is 6.07 Å². The molecule has 1 saturated carbocycles. The minimum absolute atomic E-state index is 0.269. The Labute approximate surface area is 133 Å². The van der Waals surface area contributed by atoms with Crippen LogP contribution in [-0.4, -0.2) is 0 Å². The molecule has 0 spiro atoms. The van der Waals surface area contributed by atoms with Gasteiger partial charge in [0.05, 0.1) is 26.8 Å². The zero-order valence-corrected chi connectivity index (χ0v) is 13.0. The molecule has 1 unspecified atom stereocenters. The van der Waals surface area contributed by atoms with E-state index in [4.69, 9.17) is 34.8 Å². The van der Waals surface area contributed by atoms with Crippen LogP contribution in [0, 0.1) is 5.92 Å². The van der Waals surface area contributed by atoms with E-state index in [1.54, 1.807) is 12.1 Å². The topological polar surface area (TPSA) is 12.0 Å². The van der Waals surface area contributed by atoms with Crippen molar-refractivity contribution in [2.24, 2.45) is 5.92 Å². The number of halogens is 3. The predicted octanol–water partition coefficient (Wildman–Crippen LogP) is 6.21. The van der Waals surface area contributed by atoms with Crippen molar-refractivity contribution < 1.29 is 0 Å². The highest BCUT2D eigenvalue weighted by Crippen LogP contribution is 2.44. The van der Waals surface area contributed by atoms with Gasteiger partial charge in [-0.3, -0.25) is 0 Å². The van der Waals surface area contributed by atoms with Crippen LogP contribution in [0.5, 0.6) is 0 Å². The van der Waals surface area contributed by atoms with E-state index in [2.05, 4.69) is 29.6 Å². The minimum atomic E-state index is 0.269. The molecule has 0 heterocycles. The monoisotopic (exact) mass is 325 g/mol. The molecule has 2 aromatic rings. The Bertz CT molecular complexity index is 609. The van der Waals surface area contributed by atoms with Crippen LogP contribution in [0.25, 0.3) is 0 Å². The van der Waals surface area contributed by atoms with E-state index in [1.165, 1.54) is 18.4 Å². The molecule has 0 saturated heterocycles. The molecular weight excluding hydrogens is 313 g/mol. The lowest BCUT2D eigenvalue weighted by Gasteiger charge is -2.21. The van der Waals surface area contributed by atoms with Gasteiger partial charge in [0, 0.05) is 0 Å². The van der Waals surface area contributed by atoms with Gasteiger partial charge in [-0.15, -0.1) is 0 Å². The lowest BCUT2D eigenvalue weighted by atomic mass is 10.0. The summed E-state index contributed by atoms with van der Waals surface area (Å²) in [5, 5.41) is 5.11. The van der Waals surface area contributed by atoms with Gasteiger partial charge in [-0.2, -0.15) is 0 Å². The minimum Gasteiger partial charge on any atom is -0.377 e. The quantitative estimate of drug-likeness (QED) is 0.659. The Morgan fingerprint density at radius 3 is 2.20 bits per heavy atom. The van der Waals surface area contributed by atoms with E-state index >= 15 is 0 Å². The first-order valence-electron chi connectivity index (χ1n) is 6.61. The third kappa shape index (κ3) is 3.06. The van der Waals surface area contributed by atoms with Crippen LogP contribution >= 0.6 is 34.8 Å². The van der Waals surface area contributed by atoms with Gasteiger partial charge in [0.2, 0.25) is 0 Å². The Balaban J connectivity index is 1.89. The van der Waals surface area contributed by atoms with Crippen molar-refractivity contribution in [2.45, 2.75) is 18.9 Å². The molecule has 1 atom stereocenters. The molecule has 1 nitrogen and oxygen atoms in total. The van der Waals surface area contributed by atoms with Gasteiger partial charge in [0.1, 0.15) is 0 Å². The summed E-state index contributed by atoms with van der Waals surface area (Å²) in [6, 6.07) is 14.2. The van der Waals surface area contributed by atoms with Gasteiger partial charge >= 0.3 is 0 Å². The average Bonchev–Trinajstić information content (AvgIpc) is 3.27. The van der Waals surface area contributed by atoms with Crippen molar-refractivity contribution in [3.63, 3.8) is 0 Å². The lowest BCUT2D eigenvalue weighted by molar-refractivity contribution is 0.679. The predicted molar refractivity (Wildman–Crippen MR) is 87.0 cm³/mol. The van der Waals surface area contributed by atoms with Gasteiger partial charge in [-0.05, 0) is 36.5 Å². The molecule has 0 aliphatic heterocycles. The highest BCUT2D eigenvalue weighted by Gasteiger charge is 2.32. The van der Waals surface area contributed by atoms with Crippen LogP contribution in [0.1, 0.15) is 24.4 Å². The fraction of sp³-hybridized carbons (Fsp3) is 0.250. The third-order valence-electron chi connectivity index (χ3n) is 3.57. The summed E-state index contributed by atoms with van der Waals surface area (Å²) in [4.78, 5) is 0. The second-order valence-electron chi connectivity index (χ2n) is 5.12. The number of hydrogen-bond acceptors (Lipinski definition) is 1. The standard InChI is InChI=1S/C16H14Cl3N/c17-12-8-14(19)15(9-13(12)18)20-16(11-6-7-11)10-4-2-1-3-5-10/h1-5,8-9,11,16,20H,6-7H2. The molecule has 0 bridgehead atoms. The fourth-order valence-corrected chi connectivity index (χ4v) is 2.97. The molecule has 1 N–H and O–H groups in total. The van der Waals surface area contributed by atoms with Crippen molar-refractivity contribution in [3.8, 4) is 0 Å². The number of nitrogens with one attached hydrogen (secondary N) is 1. The zero-order chi connectivity index (χ0) is 14.1. The molecule has 4 heteroatoms. The first-order chi connectivity index (χ1) is 9.65. The van der Waals surface area contributed by atoms with Crippen molar-refractivity contribution in [1.82, 2.24) is 0 Å². The summed E-state index contributed by atoms with van der Waals surface area (Å²) in [6.45, 7) is 0. The first-order valence-corrected chi connectivity index (χ1v) is 7.74. The maximum absolute atomic E-state index is 6.25. The Morgan fingerprint density at radius 2 is 1.55 bits per heavy atom. The molecule has 0 aromatic heterocycles. The number of hydrogen-bond donors (Lipinski definition) is 1. The van der Waals surface area contributed by atoms with Gasteiger partial charge in [0.25, 0.3) is 0 Å². The lowest BCUT2D eigenvalue weighted by Crippen LogP contribution is -2.13. The maximum Gasteiger partial charge on any atom is 0.0653 e. The van der Waals surface area contributed by atoms with Crippen molar-refractivity contribution in [3.05, 3.63) is 63.1 Å². The number of anilines is 1. The van der Waals surface area contributed by atoms with Gasteiger partial charge in [-0.1, -0.05) is 65.1 Å². The molecule has 1 aliphatic rings. The fourth-order valence-electron chi connectivity index (χ4n) is 2.36. The Hall–Kier alpha value is -0.890. The van der Waals surface area contributed by atoms with Crippen LogP contribution < -0.4 is 5.32 Å². The first kappa shape index (κ1) is 14.1. The van der Waals surface area contributed by atoms with Crippen molar-refractivity contribution >= 4 is 40.5 Å². The van der Waals surface area contributed by atoms with Crippen LogP contribution in [-0.2, 0) is 0 Å². The maximum atomic E-state index is 6.25. The van der Waals surface area contributed by atoms with Crippen molar-refractivity contribution in [1.29, 1.82) is 0 Å². The average molecular weight is 327 g/mol. The largest absolute Gasteiger partial charge is 0.377 e. The molecule has 20 heavy (non-hydrogen) atoms. The van der Waals surface area contributed by atoms with Gasteiger partial charge in [0.15, 0.2) is 0 Å². The van der Waals surface area contributed by atoms with E-state index in [9.17, 15) is 0 Å². The van der Waals surface area contributed by atoms with Crippen molar-refractivity contribution in [2.75, 3.05) is 5.32 Å². The highest BCUT2D eigenvalue weighted by molar-refractivity contribution is 6.44. The summed E-state index contributed by atoms with van der Waals surface area (Å²) in [5.74, 6) is 0.655. The van der Waals surface area contributed by atoms with Crippen LogP contribution in [0.3, 0.4) is 0 Å². The summed E-state index contributed by atoms with van der Waals surface area (Å²) in [6.07, 6.45) is 2.48. The molecule has 104 valence electrons.